The van der Waals surface area contributed by atoms with Gasteiger partial charge in [0.05, 0.1) is 16.7 Å². The van der Waals surface area contributed by atoms with Crippen LogP contribution in [0.5, 0.6) is 0 Å². The normalized spacial score (nSPS) is 13.1. The number of hydrogen-bond donors (Lipinski definition) is 0. The van der Waals surface area contributed by atoms with Gasteiger partial charge in [-0.3, -0.25) is 0 Å². The number of para-hydroxylation sites is 2. The summed E-state index contributed by atoms with van der Waals surface area (Å²) in [6.45, 7) is 0. The molecule has 0 saturated heterocycles. The van der Waals surface area contributed by atoms with Gasteiger partial charge in [0.1, 0.15) is 29.2 Å². The zero-order valence-corrected chi connectivity index (χ0v) is 28.2. The van der Waals surface area contributed by atoms with Gasteiger partial charge in [-0.2, -0.15) is 10.5 Å². The second kappa shape index (κ2) is 13.1. The van der Waals surface area contributed by atoms with Crippen LogP contribution in [0.2, 0.25) is 0 Å². The maximum absolute atomic E-state index is 9.74. The molecule has 51 heavy (non-hydrogen) atoms. The number of allylic oxidation sites excluding steroid dienone is 6. The third-order valence-electron chi connectivity index (χ3n) is 9.36. The van der Waals surface area contributed by atoms with Gasteiger partial charge < -0.3 is 14.2 Å². The van der Waals surface area contributed by atoms with Crippen molar-refractivity contribution < 1.29 is 4.74 Å². The summed E-state index contributed by atoms with van der Waals surface area (Å²) >= 11 is 0. The molecule has 1 aliphatic rings. The van der Waals surface area contributed by atoms with Crippen LogP contribution in [0, 0.1) is 22.7 Å². The zero-order chi connectivity index (χ0) is 34.9. The number of nitrogens with zero attached hydrogens (tertiary/aromatic N) is 4. The largest absolute Gasteiger partial charge is 0.457 e. The first-order valence-electron chi connectivity index (χ1n) is 16.8. The van der Waals surface area contributed by atoms with Crippen LogP contribution in [0.3, 0.4) is 0 Å². The van der Waals surface area contributed by atoms with Crippen LogP contribution >= 0.6 is 0 Å². The maximum Gasteiger partial charge on any atom is 0.137 e. The number of ether oxygens (including phenoxy) is 1. The van der Waals surface area contributed by atoms with E-state index in [4.69, 9.17) is 4.74 Å². The molecule has 0 atom stereocenters. The van der Waals surface area contributed by atoms with Crippen molar-refractivity contribution in [2.75, 3.05) is 19.0 Å². The fourth-order valence-corrected chi connectivity index (χ4v) is 6.96. The van der Waals surface area contributed by atoms with Crippen LogP contribution in [0.1, 0.15) is 11.1 Å². The van der Waals surface area contributed by atoms with Crippen molar-refractivity contribution in [2.45, 2.75) is 0 Å². The molecule has 0 bridgehead atoms. The van der Waals surface area contributed by atoms with Crippen LogP contribution in [-0.2, 0) is 4.74 Å². The number of anilines is 1. The molecule has 5 nitrogen and oxygen atoms in total. The molecule has 2 heterocycles. The van der Waals surface area contributed by atoms with Crippen molar-refractivity contribution in [3.05, 3.63) is 179 Å². The Labute approximate surface area is 296 Å². The van der Waals surface area contributed by atoms with Gasteiger partial charge in [-0.15, -0.1) is 0 Å². The van der Waals surface area contributed by atoms with E-state index in [2.05, 4.69) is 125 Å². The molecule has 5 heteroatoms. The van der Waals surface area contributed by atoms with Crippen molar-refractivity contribution in [1.82, 2.24) is 4.57 Å². The molecule has 0 spiro atoms. The van der Waals surface area contributed by atoms with Gasteiger partial charge in [-0.1, -0.05) is 109 Å². The molecule has 0 aliphatic carbocycles. The van der Waals surface area contributed by atoms with Crippen molar-refractivity contribution in [2.24, 2.45) is 0 Å². The Morgan fingerprint density at radius 2 is 1.04 bits per heavy atom. The third-order valence-corrected chi connectivity index (χ3v) is 9.36. The van der Waals surface area contributed by atoms with Gasteiger partial charge in [0.15, 0.2) is 0 Å². The first kappa shape index (κ1) is 31.2. The summed E-state index contributed by atoms with van der Waals surface area (Å²) in [4.78, 5) is 2.05. The smallest absolute Gasteiger partial charge is 0.137 e. The molecule has 0 N–H and O–H groups in total. The number of rotatable bonds is 6. The average Bonchev–Trinajstić information content (AvgIpc) is 3.50. The lowest BCUT2D eigenvalue weighted by molar-refractivity contribution is 0.332. The van der Waals surface area contributed by atoms with Crippen molar-refractivity contribution in [1.29, 1.82) is 10.5 Å². The van der Waals surface area contributed by atoms with Gasteiger partial charge in [-0.05, 0) is 70.5 Å². The van der Waals surface area contributed by atoms with Crippen LogP contribution in [-0.4, -0.2) is 18.7 Å². The molecule has 1 aliphatic heterocycles. The molecule has 6 aromatic carbocycles. The second-order valence-electron chi connectivity index (χ2n) is 12.6. The standard InChI is InChI=1S/C46H32N4O/c1-49(2)34-22-19-31(20-23-34)21-24-35-27-32(33(29-47)30-48)28-36(51-35)25-26-39-37-11-3-5-15-42(37)46(43-16-6-4-12-38(39)43)50-44-17-9-7-13-40(44)41-14-8-10-18-45(41)50/h3-28H,1-2H3/b24-21+,26-25+. The number of nitriles is 2. The Morgan fingerprint density at radius 1 is 0.569 bits per heavy atom. The molecule has 242 valence electrons. The van der Waals surface area contributed by atoms with E-state index in [0.29, 0.717) is 17.1 Å². The molecule has 0 amide bonds. The van der Waals surface area contributed by atoms with E-state index >= 15 is 0 Å². The minimum Gasteiger partial charge on any atom is -0.457 e. The van der Waals surface area contributed by atoms with Crippen molar-refractivity contribution in [3.8, 4) is 17.8 Å². The molecule has 0 saturated carbocycles. The predicted molar refractivity (Wildman–Crippen MR) is 210 cm³/mol. The van der Waals surface area contributed by atoms with Crippen molar-refractivity contribution in [3.63, 3.8) is 0 Å². The molecule has 1 aromatic heterocycles. The monoisotopic (exact) mass is 656 g/mol. The topological polar surface area (TPSA) is 65.0 Å². The summed E-state index contributed by atoms with van der Waals surface area (Å²) < 4.78 is 8.75. The Morgan fingerprint density at radius 3 is 1.55 bits per heavy atom. The fourth-order valence-electron chi connectivity index (χ4n) is 6.96. The summed E-state index contributed by atoms with van der Waals surface area (Å²) in [5.41, 5.74) is 7.14. The summed E-state index contributed by atoms with van der Waals surface area (Å²) in [5, 5.41) is 26.4. The molecule has 8 rings (SSSR count). The molecule has 0 fully saturated rings. The predicted octanol–water partition coefficient (Wildman–Crippen LogP) is 11.0. The lowest BCUT2D eigenvalue weighted by Gasteiger charge is -2.18. The van der Waals surface area contributed by atoms with E-state index in [1.807, 2.05) is 56.6 Å². The SMILES string of the molecule is CN(C)c1ccc(/C=C/C2=CC(=C(C#N)C#N)C=C(/C=C/c3c4ccccc4c(-n4c5ccccc5c5ccccc54)c4ccccc34)O2)cc1. The van der Waals surface area contributed by atoms with E-state index < -0.39 is 0 Å². The Bertz CT molecular complexity index is 2630. The minimum atomic E-state index is 0.0249. The highest BCUT2D eigenvalue weighted by Gasteiger charge is 2.19. The summed E-state index contributed by atoms with van der Waals surface area (Å²) in [5.74, 6) is 1.06. The van der Waals surface area contributed by atoms with Crippen molar-refractivity contribution >= 4 is 61.2 Å². The van der Waals surface area contributed by atoms with Gasteiger partial charge in [-0.25, -0.2) is 0 Å². The minimum absolute atomic E-state index is 0.0249. The lowest BCUT2D eigenvalue weighted by Crippen LogP contribution is -2.07. The maximum atomic E-state index is 9.74. The van der Waals surface area contributed by atoms with Crippen LogP contribution in [0.4, 0.5) is 5.69 Å². The zero-order valence-electron chi connectivity index (χ0n) is 28.2. The van der Waals surface area contributed by atoms with Gasteiger partial charge in [0.25, 0.3) is 0 Å². The van der Waals surface area contributed by atoms with Crippen LogP contribution in [0.15, 0.2) is 168 Å². The van der Waals surface area contributed by atoms with Gasteiger partial charge in [0.2, 0.25) is 0 Å². The first-order valence-corrected chi connectivity index (χ1v) is 16.8. The molecular formula is C46H32N4O. The lowest BCUT2D eigenvalue weighted by atomic mass is 9.94. The van der Waals surface area contributed by atoms with Gasteiger partial charge in [0, 0.05) is 46.9 Å². The van der Waals surface area contributed by atoms with Crippen LogP contribution in [0.25, 0.3) is 61.2 Å². The van der Waals surface area contributed by atoms with Crippen LogP contribution < -0.4 is 4.90 Å². The van der Waals surface area contributed by atoms with E-state index in [0.717, 1.165) is 55.1 Å². The fraction of sp³-hybridized carbons (Fsp3) is 0.0435. The third kappa shape index (κ3) is 5.64. The summed E-state index contributed by atoms with van der Waals surface area (Å²) in [6, 6.07) is 46.5. The summed E-state index contributed by atoms with van der Waals surface area (Å²) in [6.07, 6.45) is 11.3. The number of benzene rings is 6. The molecule has 0 radical (unpaired) electrons. The number of fused-ring (bicyclic) bond motifs is 5. The van der Waals surface area contributed by atoms with E-state index in [-0.39, 0.29) is 5.57 Å². The molecule has 0 unspecified atom stereocenters. The Hall–Kier alpha value is -7.08. The van der Waals surface area contributed by atoms with E-state index in [9.17, 15) is 10.5 Å². The average molecular weight is 657 g/mol. The van der Waals surface area contributed by atoms with E-state index in [1.165, 1.54) is 10.8 Å². The highest BCUT2D eigenvalue weighted by Crippen LogP contribution is 2.41. The highest BCUT2D eigenvalue weighted by molar-refractivity contribution is 6.17. The summed E-state index contributed by atoms with van der Waals surface area (Å²) in [7, 11) is 4.02. The first-order chi connectivity index (χ1) is 25.0. The van der Waals surface area contributed by atoms with Gasteiger partial charge >= 0.3 is 0 Å². The Balaban J connectivity index is 1.26. The number of hydrogen-bond acceptors (Lipinski definition) is 4. The van der Waals surface area contributed by atoms with E-state index in [1.54, 1.807) is 12.2 Å². The number of aromatic nitrogens is 1. The Kier molecular flexibility index (Phi) is 8.01. The molecular weight excluding hydrogens is 625 g/mol. The molecule has 7 aromatic rings. The quantitative estimate of drug-likeness (QED) is 0.132. The second-order valence-corrected chi connectivity index (χ2v) is 12.6. The highest BCUT2D eigenvalue weighted by atomic mass is 16.5.